The van der Waals surface area contributed by atoms with Gasteiger partial charge in [-0.1, -0.05) is 19.9 Å². The minimum Gasteiger partial charge on any atom is -0.345 e. The molecule has 0 aliphatic heterocycles. The molecule has 1 N–H and O–H groups in total. The van der Waals surface area contributed by atoms with Gasteiger partial charge in [0.15, 0.2) is 0 Å². The molecule has 0 atom stereocenters. The molecule has 0 saturated heterocycles. The molecule has 0 radical (unpaired) electrons. The van der Waals surface area contributed by atoms with Gasteiger partial charge in [0.1, 0.15) is 5.82 Å². The second kappa shape index (κ2) is 3.20. The summed E-state index contributed by atoms with van der Waals surface area (Å²) in [5.41, 5.74) is 1.09. The maximum Gasteiger partial charge on any atom is 0.132 e. The van der Waals surface area contributed by atoms with Crippen LogP contribution in [-0.4, -0.2) is 9.97 Å². The topological polar surface area (TPSA) is 28.7 Å². The summed E-state index contributed by atoms with van der Waals surface area (Å²) >= 11 is 0. The number of rotatable bonds is 3. The van der Waals surface area contributed by atoms with Crippen LogP contribution in [0, 0.1) is 0 Å². The van der Waals surface area contributed by atoms with Crippen LogP contribution in [0.15, 0.2) is 19.0 Å². The average Bonchev–Trinajstić information content (AvgIpc) is 2.38. The van der Waals surface area contributed by atoms with Crippen molar-refractivity contribution >= 4 is 5.57 Å². The van der Waals surface area contributed by atoms with Crippen molar-refractivity contribution < 1.29 is 0 Å². The van der Waals surface area contributed by atoms with Crippen molar-refractivity contribution in [2.75, 3.05) is 0 Å². The van der Waals surface area contributed by atoms with Gasteiger partial charge in [-0.25, -0.2) is 4.98 Å². The lowest BCUT2D eigenvalue weighted by atomic mass is 10.2. The highest BCUT2D eigenvalue weighted by Gasteiger charge is 1.97. The number of H-pyrrole nitrogens is 1. The molecule has 0 fully saturated rings. The zero-order chi connectivity index (χ0) is 7.40. The largest absolute Gasteiger partial charge is 0.345 e. The van der Waals surface area contributed by atoms with Gasteiger partial charge < -0.3 is 4.98 Å². The number of hydrogen-bond acceptors (Lipinski definition) is 1. The van der Waals surface area contributed by atoms with Crippen molar-refractivity contribution in [1.29, 1.82) is 0 Å². The second-order valence-corrected chi connectivity index (χ2v) is 2.29. The van der Waals surface area contributed by atoms with Crippen LogP contribution >= 0.6 is 0 Å². The lowest BCUT2D eigenvalue weighted by Crippen LogP contribution is -1.83. The standard InChI is InChI=1S/C8H12N2/c1-3-4-7(2)8-9-5-6-10-8/h5-6H,2-4H2,1H3,(H,9,10). The Morgan fingerprint density at radius 1 is 1.80 bits per heavy atom. The molecule has 10 heavy (non-hydrogen) atoms. The molecule has 1 rings (SSSR count). The van der Waals surface area contributed by atoms with Gasteiger partial charge in [-0.05, 0) is 12.0 Å². The van der Waals surface area contributed by atoms with Crippen LogP contribution in [0.1, 0.15) is 25.6 Å². The Kier molecular flexibility index (Phi) is 2.26. The van der Waals surface area contributed by atoms with Crippen LogP contribution in [0.5, 0.6) is 0 Å². The quantitative estimate of drug-likeness (QED) is 0.678. The molecule has 0 aliphatic rings. The summed E-state index contributed by atoms with van der Waals surface area (Å²) in [6, 6.07) is 0. The van der Waals surface area contributed by atoms with E-state index in [1.807, 2.05) is 6.20 Å². The number of hydrogen-bond donors (Lipinski definition) is 1. The molecule has 1 aromatic heterocycles. The number of nitrogens with zero attached hydrogens (tertiary/aromatic N) is 1. The van der Waals surface area contributed by atoms with Crippen LogP contribution in [0.4, 0.5) is 0 Å². The van der Waals surface area contributed by atoms with E-state index in [1.165, 1.54) is 0 Å². The Hall–Kier alpha value is -1.05. The first-order valence-corrected chi connectivity index (χ1v) is 3.52. The Morgan fingerprint density at radius 3 is 3.10 bits per heavy atom. The van der Waals surface area contributed by atoms with Crippen molar-refractivity contribution in [3.8, 4) is 0 Å². The summed E-state index contributed by atoms with van der Waals surface area (Å²) in [6.07, 6.45) is 5.71. The van der Waals surface area contributed by atoms with Crippen LogP contribution < -0.4 is 0 Å². The minimum atomic E-state index is 0.918. The monoisotopic (exact) mass is 136 g/mol. The molecule has 0 spiro atoms. The Morgan fingerprint density at radius 2 is 2.60 bits per heavy atom. The molecule has 2 nitrogen and oxygen atoms in total. The van der Waals surface area contributed by atoms with Gasteiger partial charge in [-0.15, -0.1) is 0 Å². The van der Waals surface area contributed by atoms with E-state index in [0.717, 1.165) is 24.2 Å². The van der Waals surface area contributed by atoms with E-state index >= 15 is 0 Å². The summed E-state index contributed by atoms with van der Waals surface area (Å²) in [4.78, 5) is 7.09. The number of aromatic nitrogens is 2. The van der Waals surface area contributed by atoms with Gasteiger partial charge in [0.05, 0.1) is 0 Å². The fourth-order valence-electron chi connectivity index (χ4n) is 0.879. The SMILES string of the molecule is C=C(CCC)c1ncc[nH]1. The first kappa shape index (κ1) is 7.06. The molecule has 1 aromatic rings. The van der Waals surface area contributed by atoms with Crippen molar-refractivity contribution in [2.45, 2.75) is 19.8 Å². The Labute approximate surface area is 61.0 Å². The summed E-state index contributed by atoms with van der Waals surface area (Å²) in [5, 5.41) is 0. The van der Waals surface area contributed by atoms with Crippen molar-refractivity contribution in [2.24, 2.45) is 0 Å². The van der Waals surface area contributed by atoms with Crippen molar-refractivity contribution in [1.82, 2.24) is 9.97 Å². The second-order valence-electron chi connectivity index (χ2n) is 2.29. The van der Waals surface area contributed by atoms with E-state index in [2.05, 4.69) is 23.5 Å². The average molecular weight is 136 g/mol. The Bertz CT molecular complexity index is 199. The number of aromatic amines is 1. The fourth-order valence-corrected chi connectivity index (χ4v) is 0.879. The molecule has 54 valence electrons. The summed E-state index contributed by atoms with van der Waals surface area (Å²) in [6.45, 7) is 6.03. The van der Waals surface area contributed by atoms with Crippen LogP contribution in [0.2, 0.25) is 0 Å². The van der Waals surface area contributed by atoms with E-state index in [-0.39, 0.29) is 0 Å². The van der Waals surface area contributed by atoms with Gasteiger partial charge >= 0.3 is 0 Å². The smallest absolute Gasteiger partial charge is 0.132 e. The molecule has 0 aromatic carbocycles. The molecular weight excluding hydrogens is 124 g/mol. The molecule has 0 unspecified atom stereocenters. The van der Waals surface area contributed by atoms with Crippen LogP contribution in [0.3, 0.4) is 0 Å². The van der Waals surface area contributed by atoms with E-state index < -0.39 is 0 Å². The van der Waals surface area contributed by atoms with E-state index in [4.69, 9.17) is 0 Å². The predicted molar refractivity (Wildman–Crippen MR) is 42.5 cm³/mol. The summed E-state index contributed by atoms with van der Waals surface area (Å²) in [5.74, 6) is 0.918. The van der Waals surface area contributed by atoms with Gasteiger partial charge in [0, 0.05) is 12.4 Å². The first-order chi connectivity index (χ1) is 4.84. The number of imidazole rings is 1. The third-order valence-corrected chi connectivity index (χ3v) is 1.38. The zero-order valence-corrected chi connectivity index (χ0v) is 6.22. The highest BCUT2D eigenvalue weighted by atomic mass is 14.9. The molecule has 1 heterocycles. The van der Waals surface area contributed by atoms with Gasteiger partial charge in [0.2, 0.25) is 0 Å². The van der Waals surface area contributed by atoms with Gasteiger partial charge in [-0.3, -0.25) is 0 Å². The van der Waals surface area contributed by atoms with E-state index in [0.29, 0.717) is 0 Å². The molecule has 0 saturated carbocycles. The maximum absolute atomic E-state index is 4.08. The van der Waals surface area contributed by atoms with Gasteiger partial charge in [0.25, 0.3) is 0 Å². The zero-order valence-electron chi connectivity index (χ0n) is 6.22. The molecule has 0 amide bonds. The van der Waals surface area contributed by atoms with Gasteiger partial charge in [-0.2, -0.15) is 0 Å². The lowest BCUT2D eigenvalue weighted by molar-refractivity contribution is 0.961. The molecule has 0 aliphatic carbocycles. The fraction of sp³-hybridized carbons (Fsp3) is 0.375. The molecule has 2 heteroatoms. The highest BCUT2D eigenvalue weighted by molar-refractivity contribution is 5.56. The lowest BCUT2D eigenvalue weighted by Gasteiger charge is -1.96. The Balaban J connectivity index is 2.59. The van der Waals surface area contributed by atoms with E-state index in [9.17, 15) is 0 Å². The summed E-state index contributed by atoms with van der Waals surface area (Å²) < 4.78 is 0. The minimum absolute atomic E-state index is 0.918. The predicted octanol–water partition coefficient (Wildman–Crippen LogP) is 2.22. The van der Waals surface area contributed by atoms with Crippen molar-refractivity contribution in [3.63, 3.8) is 0 Å². The number of nitrogens with one attached hydrogen (secondary N) is 1. The summed E-state index contributed by atoms with van der Waals surface area (Å²) in [7, 11) is 0. The third-order valence-electron chi connectivity index (χ3n) is 1.38. The molecular formula is C8H12N2. The van der Waals surface area contributed by atoms with Crippen LogP contribution in [-0.2, 0) is 0 Å². The number of allylic oxidation sites excluding steroid dienone is 1. The van der Waals surface area contributed by atoms with Crippen molar-refractivity contribution in [3.05, 3.63) is 24.8 Å². The first-order valence-electron chi connectivity index (χ1n) is 3.52. The maximum atomic E-state index is 4.08. The van der Waals surface area contributed by atoms with Crippen LogP contribution in [0.25, 0.3) is 5.57 Å². The highest BCUT2D eigenvalue weighted by Crippen LogP contribution is 2.11. The van der Waals surface area contributed by atoms with E-state index in [1.54, 1.807) is 6.20 Å². The molecule has 0 bridgehead atoms. The third kappa shape index (κ3) is 1.47. The normalized spacial score (nSPS) is 9.70.